The Hall–Kier alpha value is -2.86. The molecule has 2 N–H and O–H groups in total. The van der Waals surface area contributed by atoms with Crippen LogP contribution in [0.25, 0.3) is 11.1 Å². The van der Waals surface area contributed by atoms with Crippen molar-refractivity contribution in [3.05, 3.63) is 69.2 Å². The zero-order valence-corrected chi connectivity index (χ0v) is 17.1. The van der Waals surface area contributed by atoms with E-state index in [1.807, 2.05) is 50.2 Å². The van der Waals surface area contributed by atoms with E-state index in [4.69, 9.17) is 9.84 Å². The van der Waals surface area contributed by atoms with Gasteiger partial charge in [-0.2, -0.15) is 0 Å². The topological polar surface area (TPSA) is 58.6 Å². The number of aliphatic carboxylic acids is 1. The van der Waals surface area contributed by atoms with Crippen LogP contribution in [-0.2, 0) is 11.3 Å². The number of anilines is 1. The monoisotopic (exact) mass is 411 g/mol. The van der Waals surface area contributed by atoms with Gasteiger partial charge in [0.2, 0.25) is 0 Å². The van der Waals surface area contributed by atoms with Crippen molar-refractivity contribution in [3.8, 4) is 16.9 Å². The summed E-state index contributed by atoms with van der Waals surface area (Å²) < 4.78 is 20.8. The number of aryl methyl sites for hydroxylation is 2. The Morgan fingerprint density at radius 2 is 2.07 bits per heavy atom. The number of hydrogen-bond acceptors (Lipinski definition) is 4. The van der Waals surface area contributed by atoms with E-state index in [2.05, 4.69) is 5.32 Å². The standard InChI is InChI=1S/C23H22FNO3S/c1-13-8-20(14(2)29-13)19-5-3-4-15(23(19)24)11-25-17-6-7-18-16(9-22(26)27)12-28-21(18)10-17/h3-8,10,16,25H,9,11-12H2,1-2H3,(H,26,27)/t16-/m1/s1. The van der Waals surface area contributed by atoms with Gasteiger partial charge in [-0.1, -0.05) is 24.3 Å². The molecule has 1 atom stereocenters. The van der Waals surface area contributed by atoms with Crippen LogP contribution in [0.3, 0.4) is 0 Å². The molecule has 0 spiro atoms. The first-order chi connectivity index (χ1) is 13.9. The summed E-state index contributed by atoms with van der Waals surface area (Å²) in [6.07, 6.45) is 0.0548. The zero-order valence-electron chi connectivity index (χ0n) is 16.3. The number of halogens is 1. The predicted octanol–water partition coefficient (Wildman–Crippen LogP) is 5.73. The molecule has 4 nitrogen and oxygen atoms in total. The molecule has 0 fully saturated rings. The Morgan fingerprint density at radius 1 is 1.24 bits per heavy atom. The van der Waals surface area contributed by atoms with E-state index in [9.17, 15) is 4.79 Å². The van der Waals surface area contributed by atoms with Crippen LogP contribution < -0.4 is 10.1 Å². The fraction of sp³-hybridized carbons (Fsp3) is 0.261. The number of ether oxygens (including phenoxy) is 1. The maximum Gasteiger partial charge on any atom is 0.304 e. The van der Waals surface area contributed by atoms with Crippen LogP contribution in [0.15, 0.2) is 42.5 Å². The number of nitrogens with one attached hydrogen (secondary N) is 1. The fourth-order valence-electron chi connectivity index (χ4n) is 3.79. The molecule has 29 heavy (non-hydrogen) atoms. The molecule has 1 aliphatic rings. The van der Waals surface area contributed by atoms with Gasteiger partial charge in [-0.25, -0.2) is 4.39 Å². The minimum atomic E-state index is -0.833. The van der Waals surface area contributed by atoms with Gasteiger partial charge < -0.3 is 15.2 Å². The molecule has 0 bridgehead atoms. The Kier molecular flexibility index (Phi) is 5.28. The molecule has 150 valence electrons. The van der Waals surface area contributed by atoms with Gasteiger partial charge in [-0.05, 0) is 31.5 Å². The Labute approximate surface area is 173 Å². The lowest BCUT2D eigenvalue weighted by Crippen LogP contribution is -2.07. The summed E-state index contributed by atoms with van der Waals surface area (Å²) in [5.41, 5.74) is 3.89. The predicted molar refractivity (Wildman–Crippen MR) is 113 cm³/mol. The maximum absolute atomic E-state index is 15.1. The van der Waals surface area contributed by atoms with E-state index in [1.54, 1.807) is 17.4 Å². The van der Waals surface area contributed by atoms with Crippen molar-refractivity contribution in [2.24, 2.45) is 0 Å². The average Bonchev–Trinajstić information content (AvgIpc) is 3.22. The number of carboxylic acids is 1. The molecule has 1 aliphatic heterocycles. The number of rotatable bonds is 6. The largest absolute Gasteiger partial charge is 0.493 e. The first-order valence-corrected chi connectivity index (χ1v) is 10.3. The summed E-state index contributed by atoms with van der Waals surface area (Å²) in [6, 6.07) is 13.1. The van der Waals surface area contributed by atoms with Gasteiger partial charge in [-0.15, -0.1) is 11.3 Å². The van der Waals surface area contributed by atoms with Crippen molar-refractivity contribution in [3.63, 3.8) is 0 Å². The van der Waals surface area contributed by atoms with Crippen molar-refractivity contribution in [1.82, 2.24) is 0 Å². The number of carboxylic acid groups (broad SMARTS) is 1. The van der Waals surface area contributed by atoms with E-state index < -0.39 is 5.97 Å². The lowest BCUT2D eigenvalue weighted by molar-refractivity contribution is -0.137. The van der Waals surface area contributed by atoms with Gasteiger partial charge in [0.25, 0.3) is 0 Å². The van der Waals surface area contributed by atoms with Gasteiger partial charge in [0, 0.05) is 50.7 Å². The van der Waals surface area contributed by atoms with E-state index in [1.165, 1.54) is 4.88 Å². The summed E-state index contributed by atoms with van der Waals surface area (Å²) in [5, 5.41) is 12.3. The second kappa shape index (κ2) is 7.87. The highest BCUT2D eigenvalue weighted by Crippen LogP contribution is 2.38. The second-order valence-corrected chi connectivity index (χ2v) is 8.78. The number of thiophene rings is 1. The summed E-state index contributed by atoms with van der Waals surface area (Å²) >= 11 is 1.67. The highest BCUT2D eigenvalue weighted by Gasteiger charge is 2.26. The van der Waals surface area contributed by atoms with Crippen LogP contribution in [0.2, 0.25) is 0 Å². The maximum atomic E-state index is 15.1. The highest BCUT2D eigenvalue weighted by molar-refractivity contribution is 7.12. The molecule has 0 radical (unpaired) electrons. The van der Waals surface area contributed by atoms with Gasteiger partial charge in [0.1, 0.15) is 11.6 Å². The molecule has 3 aromatic rings. The molecule has 0 saturated carbocycles. The first kappa shape index (κ1) is 19.5. The first-order valence-electron chi connectivity index (χ1n) is 9.49. The lowest BCUT2D eigenvalue weighted by Gasteiger charge is -2.12. The lowest BCUT2D eigenvalue weighted by atomic mass is 9.98. The average molecular weight is 411 g/mol. The molecule has 2 heterocycles. The molecular weight excluding hydrogens is 389 g/mol. The zero-order chi connectivity index (χ0) is 20.5. The minimum Gasteiger partial charge on any atom is -0.493 e. The molecule has 4 rings (SSSR count). The van der Waals surface area contributed by atoms with Gasteiger partial charge in [0.05, 0.1) is 13.0 Å². The number of carbonyl (C=O) groups is 1. The Morgan fingerprint density at radius 3 is 2.79 bits per heavy atom. The summed E-state index contributed by atoms with van der Waals surface area (Å²) in [5.74, 6) is -0.470. The van der Waals surface area contributed by atoms with Crippen molar-refractivity contribution < 1.29 is 19.0 Å². The smallest absolute Gasteiger partial charge is 0.304 e. The summed E-state index contributed by atoms with van der Waals surface area (Å²) in [6.45, 7) is 4.77. The summed E-state index contributed by atoms with van der Waals surface area (Å²) in [7, 11) is 0. The van der Waals surface area contributed by atoms with Gasteiger partial charge in [0.15, 0.2) is 0 Å². The normalized spacial score (nSPS) is 15.1. The molecule has 0 aliphatic carbocycles. The Bertz CT molecular complexity index is 1080. The van der Waals surface area contributed by atoms with Crippen LogP contribution >= 0.6 is 11.3 Å². The highest BCUT2D eigenvalue weighted by atomic mass is 32.1. The SMILES string of the molecule is Cc1cc(-c2cccc(CNc3ccc4c(c3)OC[C@H]4CC(=O)O)c2F)c(C)s1. The van der Waals surface area contributed by atoms with Crippen molar-refractivity contribution in [2.45, 2.75) is 32.7 Å². The third-order valence-electron chi connectivity index (χ3n) is 5.21. The van der Waals surface area contributed by atoms with Crippen molar-refractivity contribution in [2.75, 3.05) is 11.9 Å². The van der Waals surface area contributed by atoms with Crippen molar-refractivity contribution >= 4 is 23.0 Å². The van der Waals surface area contributed by atoms with E-state index in [0.29, 0.717) is 30.0 Å². The third-order valence-corrected chi connectivity index (χ3v) is 6.17. The number of hydrogen-bond donors (Lipinski definition) is 2. The van der Waals surface area contributed by atoms with Crippen molar-refractivity contribution in [1.29, 1.82) is 0 Å². The molecule has 6 heteroatoms. The quantitative estimate of drug-likeness (QED) is 0.544. The number of benzene rings is 2. The van der Waals surface area contributed by atoms with Crippen LogP contribution in [0.1, 0.15) is 33.2 Å². The summed E-state index contributed by atoms with van der Waals surface area (Å²) in [4.78, 5) is 13.2. The molecule has 0 unspecified atom stereocenters. The number of fused-ring (bicyclic) bond motifs is 1. The van der Waals surface area contributed by atoms with Crippen LogP contribution in [0.4, 0.5) is 10.1 Å². The van der Waals surface area contributed by atoms with Gasteiger partial charge in [-0.3, -0.25) is 4.79 Å². The fourth-order valence-corrected chi connectivity index (χ4v) is 4.72. The molecule has 2 aromatic carbocycles. The van der Waals surface area contributed by atoms with Crippen LogP contribution in [-0.4, -0.2) is 17.7 Å². The molecule has 1 aromatic heterocycles. The second-order valence-electron chi connectivity index (χ2n) is 7.32. The molecule has 0 saturated heterocycles. The Balaban J connectivity index is 1.51. The third kappa shape index (κ3) is 3.98. The minimum absolute atomic E-state index is 0.0548. The van der Waals surface area contributed by atoms with E-state index in [-0.39, 0.29) is 18.2 Å². The van der Waals surface area contributed by atoms with Crippen LogP contribution in [0, 0.1) is 19.7 Å². The molecular formula is C23H22FNO3S. The molecule has 0 amide bonds. The van der Waals surface area contributed by atoms with E-state index in [0.717, 1.165) is 21.7 Å². The van der Waals surface area contributed by atoms with E-state index >= 15 is 4.39 Å². The van der Waals surface area contributed by atoms with Gasteiger partial charge >= 0.3 is 5.97 Å². The van der Waals surface area contributed by atoms with Crippen LogP contribution in [0.5, 0.6) is 5.75 Å².